The molecule has 0 bridgehead atoms. The van der Waals surface area contributed by atoms with Gasteiger partial charge in [-0.15, -0.1) is 0 Å². The van der Waals surface area contributed by atoms with Gasteiger partial charge in [0.1, 0.15) is 0 Å². The fourth-order valence-electron chi connectivity index (χ4n) is 0.868. The molecule has 0 fully saturated rings. The van der Waals surface area contributed by atoms with E-state index in [1.807, 2.05) is 0 Å². The fraction of sp³-hybridized carbons (Fsp3) is 0.818. The normalized spacial score (nSPS) is 10.5. The van der Waals surface area contributed by atoms with E-state index in [1.54, 1.807) is 0 Å². The smallest absolute Gasteiger partial charge is 0 e. The molecule has 1 radical (unpaired) electrons. The first-order valence-corrected chi connectivity index (χ1v) is 4.94. The Labute approximate surface area is 109 Å². The molecule has 14 heavy (non-hydrogen) atoms. The van der Waals surface area contributed by atoms with E-state index < -0.39 is 0 Å². The van der Waals surface area contributed by atoms with Crippen LogP contribution in [0.15, 0.2) is 4.99 Å². The van der Waals surface area contributed by atoms with Gasteiger partial charge in [-0.3, -0.25) is 0 Å². The van der Waals surface area contributed by atoms with Crippen molar-refractivity contribution < 1.29 is 25.8 Å². The third-order valence-electron chi connectivity index (χ3n) is 1.51. The second-order valence-corrected chi connectivity index (χ2v) is 3.28. The number of hydrogen-bond acceptors (Lipinski definition) is 1. The van der Waals surface area contributed by atoms with Crippen molar-refractivity contribution in [2.24, 2.45) is 10.9 Å². The van der Waals surface area contributed by atoms with Gasteiger partial charge >= 0.3 is 0 Å². The quantitative estimate of drug-likeness (QED) is 0.390. The predicted octanol–water partition coefficient (Wildman–Crippen LogP) is 3.68. The molecule has 0 saturated carbocycles. The fourth-order valence-corrected chi connectivity index (χ4v) is 0.868. The zero-order chi connectivity index (χ0) is 9.40. The van der Waals surface area contributed by atoms with Gasteiger partial charge in [-0.1, -0.05) is 59.5 Å². The van der Waals surface area contributed by atoms with Crippen LogP contribution in [0.3, 0.4) is 0 Å². The summed E-state index contributed by atoms with van der Waals surface area (Å²) in [6.45, 7) is 10.4. The summed E-state index contributed by atoms with van der Waals surface area (Å²) in [5, 5.41) is 4.43. The molecule has 0 aromatic carbocycles. The summed E-state index contributed by atoms with van der Waals surface area (Å²) in [5.41, 5.74) is 0. The van der Waals surface area contributed by atoms with Crippen LogP contribution in [-0.4, -0.2) is 18.9 Å². The zero-order valence-electron chi connectivity index (χ0n) is 10.4. The molecular weight excluding hydrogens is 205 g/mol. The Morgan fingerprint density at radius 2 is 1.79 bits per heavy atom. The van der Waals surface area contributed by atoms with Crippen molar-refractivity contribution in [2.75, 3.05) is 13.1 Å². The van der Waals surface area contributed by atoms with E-state index in [0.29, 0.717) is 5.92 Å². The molecular formula is C11H24N2Sc-2. The van der Waals surface area contributed by atoms with E-state index >= 15 is 0 Å². The maximum absolute atomic E-state index is 4.43. The average molecular weight is 229 g/mol. The first kappa shape index (κ1) is 19.8. The van der Waals surface area contributed by atoms with Gasteiger partial charge in [-0.2, -0.15) is 0 Å². The molecule has 0 unspecified atom stereocenters. The molecule has 0 aliphatic carbocycles. The van der Waals surface area contributed by atoms with Crippen molar-refractivity contribution in [1.82, 2.24) is 0 Å². The summed E-state index contributed by atoms with van der Waals surface area (Å²) in [7, 11) is 0. The SMILES string of the molecule is CCCN=C([N-]CCC)C(C)C.[CH3-].[Sc]. The molecule has 0 aromatic rings. The van der Waals surface area contributed by atoms with Crippen molar-refractivity contribution in [3.05, 3.63) is 12.7 Å². The molecule has 0 N–H and O–H groups in total. The van der Waals surface area contributed by atoms with Crippen LogP contribution < -0.4 is 0 Å². The van der Waals surface area contributed by atoms with E-state index in [9.17, 15) is 0 Å². The number of aliphatic imine (C=N–C) groups is 1. The second-order valence-electron chi connectivity index (χ2n) is 3.28. The maximum atomic E-state index is 4.43. The van der Waals surface area contributed by atoms with Crippen LogP contribution in [0.1, 0.15) is 40.5 Å². The summed E-state index contributed by atoms with van der Waals surface area (Å²) in [5.74, 6) is 1.52. The number of hydrogen-bond donors (Lipinski definition) is 0. The topological polar surface area (TPSA) is 26.5 Å². The van der Waals surface area contributed by atoms with Crippen molar-refractivity contribution in [3.63, 3.8) is 0 Å². The van der Waals surface area contributed by atoms with Crippen LogP contribution in [0.5, 0.6) is 0 Å². The average Bonchev–Trinajstić information content (AvgIpc) is 2.04. The van der Waals surface area contributed by atoms with Gasteiger partial charge in [0.25, 0.3) is 0 Å². The van der Waals surface area contributed by atoms with E-state index in [-0.39, 0.29) is 33.3 Å². The molecule has 0 aromatic heterocycles. The Bertz CT molecular complexity index is 133. The molecule has 0 atom stereocenters. The van der Waals surface area contributed by atoms with Gasteiger partial charge in [-0.25, -0.2) is 0 Å². The maximum Gasteiger partial charge on any atom is 0 e. The van der Waals surface area contributed by atoms with E-state index in [4.69, 9.17) is 0 Å². The summed E-state index contributed by atoms with van der Waals surface area (Å²) < 4.78 is 0. The summed E-state index contributed by atoms with van der Waals surface area (Å²) in [4.78, 5) is 4.43. The number of nitrogens with zero attached hydrogens (tertiary/aromatic N) is 2. The third kappa shape index (κ3) is 10.4. The molecule has 0 spiro atoms. The van der Waals surface area contributed by atoms with Crippen LogP contribution >= 0.6 is 0 Å². The van der Waals surface area contributed by atoms with E-state index in [2.05, 4.69) is 38.0 Å². The third-order valence-corrected chi connectivity index (χ3v) is 1.51. The van der Waals surface area contributed by atoms with Crippen LogP contribution in [0, 0.1) is 13.3 Å². The van der Waals surface area contributed by atoms with Gasteiger partial charge in [0, 0.05) is 25.8 Å². The van der Waals surface area contributed by atoms with Crippen molar-refractivity contribution in [1.29, 1.82) is 0 Å². The standard InChI is InChI=1S/C10H21N2.CH3.Sc/c1-5-7-11-10(9(3)4)12-8-6-2;;/h9H,5-8H2,1-4H3;1H3;/q2*-1;. The number of amidine groups is 1. The van der Waals surface area contributed by atoms with Crippen LogP contribution in [0.2, 0.25) is 0 Å². The minimum atomic E-state index is 0. The van der Waals surface area contributed by atoms with Gasteiger partial charge in [-0.05, 0) is 5.92 Å². The van der Waals surface area contributed by atoms with Crippen LogP contribution in [0.4, 0.5) is 0 Å². The van der Waals surface area contributed by atoms with Gasteiger partial charge < -0.3 is 17.7 Å². The molecule has 0 heterocycles. The predicted molar refractivity (Wildman–Crippen MR) is 62.4 cm³/mol. The van der Waals surface area contributed by atoms with Crippen LogP contribution in [-0.2, 0) is 25.8 Å². The molecule has 2 nitrogen and oxygen atoms in total. The zero-order valence-corrected chi connectivity index (χ0v) is 12.2. The Hall–Kier alpha value is 0.340. The minimum absolute atomic E-state index is 0. The summed E-state index contributed by atoms with van der Waals surface area (Å²) in [6.07, 6.45) is 2.22. The van der Waals surface area contributed by atoms with E-state index in [0.717, 1.165) is 31.8 Å². The minimum Gasteiger partial charge on any atom is -0.469 e. The molecule has 0 aliphatic heterocycles. The van der Waals surface area contributed by atoms with Crippen molar-refractivity contribution in [3.8, 4) is 0 Å². The number of rotatable bonds is 5. The van der Waals surface area contributed by atoms with Gasteiger partial charge in [0.05, 0.1) is 0 Å². The molecule has 0 saturated heterocycles. The molecule has 0 rings (SSSR count). The van der Waals surface area contributed by atoms with Crippen molar-refractivity contribution in [2.45, 2.75) is 40.5 Å². The first-order chi connectivity index (χ1) is 5.72. The Kier molecular flexibility index (Phi) is 18.9. The molecule has 0 aliphatic rings. The molecule has 83 valence electrons. The second kappa shape index (κ2) is 13.3. The van der Waals surface area contributed by atoms with Gasteiger partial charge in [0.2, 0.25) is 0 Å². The largest absolute Gasteiger partial charge is 0.469 e. The molecule has 3 heteroatoms. The Morgan fingerprint density at radius 1 is 1.21 bits per heavy atom. The summed E-state index contributed by atoms with van der Waals surface area (Å²) in [6, 6.07) is 0. The first-order valence-electron chi connectivity index (χ1n) is 4.94. The van der Waals surface area contributed by atoms with E-state index in [1.165, 1.54) is 0 Å². The Morgan fingerprint density at radius 3 is 2.14 bits per heavy atom. The molecule has 0 amide bonds. The van der Waals surface area contributed by atoms with Crippen LogP contribution in [0.25, 0.3) is 5.32 Å². The monoisotopic (exact) mass is 229 g/mol. The Balaban J connectivity index is -0.000000605. The van der Waals surface area contributed by atoms with Gasteiger partial charge in [0.15, 0.2) is 0 Å². The summed E-state index contributed by atoms with van der Waals surface area (Å²) >= 11 is 0. The van der Waals surface area contributed by atoms with Crippen molar-refractivity contribution >= 4 is 5.84 Å².